The van der Waals surface area contributed by atoms with E-state index in [1.807, 2.05) is 0 Å². The highest BCUT2D eigenvalue weighted by atomic mass is 28.4. The average Bonchev–Trinajstić information content (AvgIpc) is 2.73. The lowest BCUT2D eigenvalue weighted by molar-refractivity contribution is 0.109. The van der Waals surface area contributed by atoms with Crippen molar-refractivity contribution < 1.29 is 8.85 Å². The van der Waals surface area contributed by atoms with Crippen LogP contribution in [0.2, 0.25) is 18.1 Å². The van der Waals surface area contributed by atoms with Gasteiger partial charge in [0.2, 0.25) is 8.32 Å². The van der Waals surface area contributed by atoms with Crippen LogP contribution in [0.3, 0.4) is 0 Å². The fourth-order valence-electron chi connectivity index (χ4n) is 4.60. The van der Waals surface area contributed by atoms with E-state index in [1.54, 1.807) is 0 Å². The van der Waals surface area contributed by atoms with Crippen LogP contribution in [0.25, 0.3) is 10.8 Å². The highest BCUT2D eigenvalue weighted by Crippen LogP contribution is 2.41. The van der Waals surface area contributed by atoms with Gasteiger partial charge in [0.15, 0.2) is 0 Å². The molecule has 0 spiro atoms. The van der Waals surface area contributed by atoms with E-state index in [0.29, 0.717) is 5.92 Å². The SMILES string of the molecule is CC(C)(CCCCCCCC(c1ccc2ccc(O[Si](C)(C)C(C)(C)C)cc2c1)C(C)(C)C)O[SiH3]. The number of hydrogen-bond acceptors (Lipinski definition) is 2. The van der Waals surface area contributed by atoms with Gasteiger partial charge in [0, 0.05) is 5.60 Å². The molecule has 0 bridgehead atoms. The van der Waals surface area contributed by atoms with Crippen molar-refractivity contribution in [3.63, 3.8) is 0 Å². The van der Waals surface area contributed by atoms with Gasteiger partial charge in [0.25, 0.3) is 0 Å². The molecule has 1 unspecified atom stereocenters. The molecule has 2 aromatic rings. The molecular weight excluding hydrogens is 461 g/mol. The van der Waals surface area contributed by atoms with Crippen molar-refractivity contribution in [2.45, 2.75) is 130 Å². The summed E-state index contributed by atoms with van der Waals surface area (Å²) in [6.45, 7) is 23.2. The average molecular weight is 515 g/mol. The van der Waals surface area contributed by atoms with Crippen LogP contribution in [0.4, 0.5) is 0 Å². The number of hydrogen-bond donors (Lipinski definition) is 0. The fraction of sp³-hybridized carbons (Fsp3) is 0.677. The van der Waals surface area contributed by atoms with Crippen molar-refractivity contribution in [3.05, 3.63) is 42.0 Å². The first-order valence-corrected chi connectivity index (χ1v) is 17.6. The van der Waals surface area contributed by atoms with Crippen LogP contribution in [0, 0.1) is 5.41 Å². The molecule has 0 heterocycles. The summed E-state index contributed by atoms with van der Waals surface area (Å²) in [6, 6.07) is 13.7. The van der Waals surface area contributed by atoms with Crippen molar-refractivity contribution in [2.75, 3.05) is 0 Å². The van der Waals surface area contributed by atoms with Gasteiger partial charge in [0.05, 0.1) is 0 Å². The Bertz CT molecular complexity index is 935. The van der Waals surface area contributed by atoms with Crippen LogP contribution in [0.5, 0.6) is 5.75 Å². The summed E-state index contributed by atoms with van der Waals surface area (Å²) in [5.74, 6) is 1.58. The Morgan fingerprint density at radius 1 is 0.771 bits per heavy atom. The van der Waals surface area contributed by atoms with Gasteiger partial charge in [-0.25, -0.2) is 0 Å². The molecule has 2 rings (SSSR count). The number of benzene rings is 2. The summed E-state index contributed by atoms with van der Waals surface area (Å²) in [4.78, 5) is 0. The van der Waals surface area contributed by atoms with Gasteiger partial charge in [0.1, 0.15) is 16.2 Å². The quantitative estimate of drug-likeness (QED) is 0.208. The van der Waals surface area contributed by atoms with Crippen LogP contribution in [0.1, 0.15) is 112 Å². The molecule has 0 saturated carbocycles. The van der Waals surface area contributed by atoms with Crippen LogP contribution < -0.4 is 4.43 Å². The normalized spacial score (nSPS) is 14.5. The van der Waals surface area contributed by atoms with E-state index in [-0.39, 0.29) is 16.1 Å². The second kappa shape index (κ2) is 12.0. The highest BCUT2D eigenvalue weighted by molar-refractivity contribution is 6.74. The molecule has 1 atom stereocenters. The summed E-state index contributed by atoms with van der Waals surface area (Å²) < 4.78 is 12.3. The first kappa shape index (κ1) is 30.1. The maximum absolute atomic E-state index is 6.61. The Kier molecular flexibility index (Phi) is 10.3. The number of fused-ring (bicyclic) bond motifs is 1. The Labute approximate surface area is 221 Å². The zero-order chi connectivity index (χ0) is 26.5. The minimum atomic E-state index is -1.85. The van der Waals surface area contributed by atoms with Gasteiger partial charge in [-0.1, -0.05) is 97.9 Å². The number of unbranched alkanes of at least 4 members (excludes halogenated alkanes) is 4. The minimum Gasteiger partial charge on any atom is -0.543 e. The van der Waals surface area contributed by atoms with Gasteiger partial charge < -0.3 is 8.85 Å². The molecule has 0 N–H and O–H groups in total. The molecule has 35 heavy (non-hydrogen) atoms. The molecule has 0 amide bonds. The summed E-state index contributed by atoms with van der Waals surface area (Å²) in [5.41, 5.74) is 1.80. The monoisotopic (exact) mass is 514 g/mol. The third kappa shape index (κ3) is 9.05. The molecule has 0 aromatic heterocycles. The standard InChI is InChI=1S/C31H54O2Si2/c1-29(2,3)28(16-14-12-11-13-15-21-31(7,8)33-34)25-18-17-24-19-20-27(23-26(24)22-25)32-35(9,10)30(4,5)6/h17-20,22-23,28H,11-16,21H2,1-10,34H3. The predicted molar refractivity (Wildman–Crippen MR) is 161 cm³/mol. The molecular formula is C31H54O2Si2. The molecule has 2 nitrogen and oxygen atoms in total. The lowest BCUT2D eigenvalue weighted by Gasteiger charge is -2.36. The maximum Gasteiger partial charge on any atom is 0.250 e. The van der Waals surface area contributed by atoms with Crippen molar-refractivity contribution in [1.29, 1.82) is 0 Å². The largest absolute Gasteiger partial charge is 0.543 e. The second-order valence-corrected chi connectivity index (χ2v) is 19.0. The van der Waals surface area contributed by atoms with Gasteiger partial charge in [-0.15, -0.1) is 0 Å². The molecule has 2 aromatic carbocycles. The summed E-state index contributed by atoms with van der Waals surface area (Å²) in [6.07, 6.45) is 8.99. The summed E-state index contributed by atoms with van der Waals surface area (Å²) >= 11 is 0. The Hall–Kier alpha value is -1.11. The zero-order valence-electron chi connectivity index (χ0n) is 24.8. The van der Waals surface area contributed by atoms with Crippen molar-refractivity contribution >= 4 is 29.6 Å². The molecule has 0 aliphatic carbocycles. The van der Waals surface area contributed by atoms with E-state index in [2.05, 4.69) is 105 Å². The fourth-order valence-corrected chi connectivity index (χ4v) is 5.83. The lowest BCUT2D eigenvalue weighted by Crippen LogP contribution is -2.43. The van der Waals surface area contributed by atoms with E-state index in [9.17, 15) is 0 Å². The van der Waals surface area contributed by atoms with E-state index in [4.69, 9.17) is 8.85 Å². The lowest BCUT2D eigenvalue weighted by atomic mass is 9.73. The summed E-state index contributed by atoms with van der Waals surface area (Å²) in [5, 5.41) is 2.80. The predicted octanol–water partition coefficient (Wildman–Crippen LogP) is 9.16. The van der Waals surface area contributed by atoms with Crippen LogP contribution in [-0.4, -0.2) is 24.4 Å². The van der Waals surface area contributed by atoms with Crippen LogP contribution in [-0.2, 0) is 4.43 Å². The topological polar surface area (TPSA) is 18.5 Å². The maximum atomic E-state index is 6.61. The first-order valence-electron chi connectivity index (χ1n) is 13.8. The van der Waals surface area contributed by atoms with Gasteiger partial charge in [-0.05, 0) is 84.6 Å². The summed E-state index contributed by atoms with van der Waals surface area (Å²) in [7, 11) is -1.02. The van der Waals surface area contributed by atoms with Crippen LogP contribution in [0.15, 0.2) is 36.4 Å². The van der Waals surface area contributed by atoms with Gasteiger partial charge >= 0.3 is 0 Å². The highest BCUT2D eigenvalue weighted by Gasteiger charge is 2.39. The third-order valence-electron chi connectivity index (χ3n) is 8.29. The van der Waals surface area contributed by atoms with Gasteiger partial charge in [-0.3, -0.25) is 0 Å². The second-order valence-electron chi connectivity index (χ2n) is 13.8. The molecule has 0 radical (unpaired) electrons. The smallest absolute Gasteiger partial charge is 0.250 e. The van der Waals surface area contributed by atoms with Crippen LogP contribution >= 0.6 is 0 Å². The Morgan fingerprint density at radius 2 is 1.37 bits per heavy atom. The molecule has 0 aliphatic rings. The van der Waals surface area contributed by atoms with E-state index >= 15 is 0 Å². The van der Waals surface area contributed by atoms with Crippen molar-refractivity contribution in [3.8, 4) is 5.75 Å². The third-order valence-corrected chi connectivity index (χ3v) is 13.8. The van der Waals surface area contributed by atoms with E-state index < -0.39 is 8.32 Å². The van der Waals surface area contributed by atoms with Crippen molar-refractivity contribution in [1.82, 2.24) is 0 Å². The Balaban J connectivity index is 2.07. The molecule has 198 valence electrons. The first-order chi connectivity index (χ1) is 16.1. The minimum absolute atomic E-state index is 0.0786. The number of rotatable bonds is 12. The molecule has 0 aliphatic heterocycles. The molecule has 0 saturated heterocycles. The van der Waals surface area contributed by atoms with Gasteiger partial charge in [-0.2, -0.15) is 0 Å². The Morgan fingerprint density at radius 3 is 1.97 bits per heavy atom. The van der Waals surface area contributed by atoms with E-state index in [1.165, 1.54) is 61.3 Å². The molecule has 4 heteroatoms. The van der Waals surface area contributed by atoms with Crippen molar-refractivity contribution in [2.24, 2.45) is 5.41 Å². The zero-order valence-corrected chi connectivity index (χ0v) is 27.8. The molecule has 0 fully saturated rings. The van der Waals surface area contributed by atoms with E-state index in [0.717, 1.165) is 16.2 Å².